The number of hydrogen-bond acceptors (Lipinski definition) is 3. The summed E-state index contributed by atoms with van der Waals surface area (Å²) < 4.78 is 0. The van der Waals surface area contributed by atoms with Crippen LogP contribution in [0, 0.1) is 13.8 Å². The van der Waals surface area contributed by atoms with Crippen LogP contribution in [0.15, 0.2) is 42.5 Å². The minimum absolute atomic E-state index is 0.0609. The number of H-pyrrole nitrogens is 1. The van der Waals surface area contributed by atoms with Crippen molar-refractivity contribution in [2.75, 3.05) is 13.1 Å². The summed E-state index contributed by atoms with van der Waals surface area (Å²) >= 11 is 0. The van der Waals surface area contributed by atoms with Gasteiger partial charge in [0, 0.05) is 17.6 Å². The first kappa shape index (κ1) is 18.7. The molecule has 0 bridgehead atoms. The normalized spacial score (nSPS) is 13.8. The van der Waals surface area contributed by atoms with Crippen molar-refractivity contribution in [2.24, 2.45) is 0 Å². The Balaban J connectivity index is 1.58. The molecule has 29 heavy (non-hydrogen) atoms. The van der Waals surface area contributed by atoms with Crippen molar-refractivity contribution in [1.82, 2.24) is 20.5 Å². The number of fused-ring (bicyclic) bond motifs is 1. The molecule has 4 amide bonds. The Hall–Kier alpha value is -3.61. The van der Waals surface area contributed by atoms with Crippen molar-refractivity contribution in [2.45, 2.75) is 20.4 Å². The number of hydrogen-bond donors (Lipinski definition) is 3. The molecule has 1 aliphatic rings. The molecule has 1 aliphatic heterocycles. The van der Waals surface area contributed by atoms with E-state index in [4.69, 9.17) is 0 Å². The summed E-state index contributed by atoms with van der Waals surface area (Å²) in [6, 6.07) is 13.7. The SMILES string of the molecule is Cc1cc(CNC(=O)CN2C(=O)CNC2=O)c2[nH]c(-c3ccccc3)c(C)c2c1. The van der Waals surface area contributed by atoms with Gasteiger partial charge in [-0.1, -0.05) is 42.0 Å². The first-order valence-electron chi connectivity index (χ1n) is 9.46. The molecule has 0 unspecified atom stereocenters. The molecule has 148 valence electrons. The Labute approximate surface area is 168 Å². The Morgan fingerprint density at radius 2 is 1.90 bits per heavy atom. The summed E-state index contributed by atoms with van der Waals surface area (Å²) in [5.74, 6) is -0.771. The molecule has 0 saturated carbocycles. The minimum Gasteiger partial charge on any atom is -0.354 e. The number of aromatic nitrogens is 1. The zero-order valence-electron chi connectivity index (χ0n) is 16.3. The summed E-state index contributed by atoms with van der Waals surface area (Å²) in [4.78, 5) is 40.0. The van der Waals surface area contributed by atoms with Crippen LogP contribution in [0.5, 0.6) is 0 Å². The van der Waals surface area contributed by atoms with Gasteiger partial charge in [-0.2, -0.15) is 0 Å². The van der Waals surface area contributed by atoms with E-state index in [0.29, 0.717) is 6.54 Å². The number of nitrogens with one attached hydrogen (secondary N) is 3. The number of nitrogens with zero attached hydrogens (tertiary/aromatic N) is 1. The molecule has 0 radical (unpaired) electrons. The van der Waals surface area contributed by atoms with Gasteiger partial charge in [0.2, 0.25) is 5.91 Å². The fourth-order valence-electron chi connectivity index (χ4n) is 3.70. The number of aromatic amines is 1. The molecule has 7 nitrogen and oxygen atoms in total. The maximum Gasteiger partial charge on any atom is 0.325 e. The minimum atomic E-state index is -0.532. The zero-order chi connectivity index (χ0) is 20.5. The third-order valence-corrected chi connectivity index (χ3v) is 5.17. The first-order chi connectivity index (χ1) is 13.9. The van der Waals surface area contributed by atoms with Gasteiger partial charge >= 0.3 is 6.03 Å². The molecule has 1 aromatic heterocycles. The van der Waals surface area contributed by atoms with Crippen molar-refractivity contribution >= 4 is 28.7 Å². The molecule has 4 rings (SSSR count). The van der Waals surface area contributed by atoms with Gasteiger partial charge in [-0.3, -0.25) is 14.5 Å². The van der Waals surface area contributed by atoms with Gasteiger partial charge in [0.1, 0.15) is 6.54 Å². The van der Waals surface area contributed by atoms with E-state index in [2.05, 4.69) is 40.7 Å². The molecular weight excluding hydrogens is 368 g/mol. The van der Waals surface area contributed by atoms with Crippen LogP contribution in [-0.4, -0.2) is 40.8 Å². The zero-order valence-corrected chi connectivity index (χ0v) is 16.3. The summed E-state index contributed by atoms with van der Waals surface area (Å²) in [5, 5.41) is 6.34. The van der Waals surface area contributed by atoms with E-state index < -0.39 is 11.9 Å². The lowest BCUT2D eigenvalue weighted by atomic mass is 10.0. The summed E-state index contributed by atoms with van der Waals surface area (Å²) in [5.41, 5.74) is 6.34. The van der Waals surface area contributed by atoms with Gasteiger partial charge in [0.25, 0.3) is 5.91 Å². The smallest absolute Gasteiger partial charge is 0.325 e. The lowest BCUT2D eigenvalue weighted by Gasteiger charge is -2.13. The Morgan fingerprint density at radius 1 is 1.14 bits per heavy atom. The molecule has 0 atom stereocenters. The first-order valence-corrected chi connectivity index (χ1v) is 9.46. The lowest BCUT2D eigenvalue weighted by molar-refractivity contribution is -0.130. The Bertz CT molecular complexity index is 1100. The second kappa shape index (κ2) is 7.43. The van der Waals surface area contributed by atoms with Crippen molar-refractivity contribution in [3.05, 3.63) is 59.2 Å². The number of imide groups is 1. The highest BCUT2D eigenvalue weighted by Crippen LogP contribution is 2.32. The average molecular weight is 390 g/mol. The maximum absolute atomic E-state index is 12.3. The molecule has 0 aliphatic carbocycles. The number of carbonyl (C=O) groups excluding carboxylic acids is 3. The summed E-state index contributed by atoms with van der Waals surface area (Å²) in [6.07, 6.45) is 0. The van der Waals surface area contributed by atoms with Crippen LogP contribution in [0.2, 0.25) is 0 Å². The molecule has 7 heteroatoms. The van der Waals surface area contributed by atoms with Crippen LogP contribution < -0.4 is 10.6 Å². The third kappa shape index (κ3) is 3.59. The van der Waals surface area contributed by atoms with Crippen molar-refractivity contribution < 1.29 is 14.4 Å². The standard InChI is InChI=1S/C22H22N4O3/c1-13-8-16(10-23-18(27)12-26-19(28)11-24-22(26)29)21-17(9-13)14(2)20(25-21)15-6-4-3-5-7-15/h3-9,25H,10-12H2,1-2H3,(H,23,27)(H,24,29). The highest BCUT2D eigenvalue weighted by atomic mass is 16.2. The van der Waals surface area contributed by atoms with Crippen LogP contribution in [0.1, 0.15) is 16.7 Å². The molecule has 1 saturated heterocycles. The van der Waals surface area contributed by atoms with Gasteiger partial charge in [-0.05, 0) is 36.6 Å². The number of rotatable bonds is 5. The van der Waals surface area contributed by atoms with Gasteiger partial charge in [-0.15, -0.1) is 0 Å². The quantitative estimate of drug-likeness (QED) is 0.585. The average Bonchev–Trinajstić information content (AvgIpc) is 3.21. The van der Waals surface area contributed by atoms with Gasteiger partial charge in [0.05, 0.1) is 12.1 Å². The van der Waals surface area contributed by atoms with Crippen LogP contribution in [0.4, 0.5) is 4.79 Å². The fraction of sp³-hybridized carbons (Fsp3) is 0.227. The van der Waals surface area contributed by atoms with Crippen molar-refractivity contribution in [3.8, 4) is 11.3 Å². The largest absolute Gasteiger partial charge is 0.354 e. The van der Waals surface area contributed by atoms with E-state index in [1.807, 2.05) is 31.2 Å². The van der Waals surface area contributed by atoms with E-state index in [1.165, 1.54) is 0 Å². The van der Waals surface area contributed by atoms with Gasteiger partial charge < -0.3 is 15.6 Å². The number of aryl methyl sites for hydroxylation is 2. The maximum atomic E-state index is 12.3. The van der Waals surface area contributed by atoms with Crippen LogP contribution in [0.25, 0.3) is 22.2 Å². The monoisotopic (exact) mass is 390 g/mol. The van der Waals surface area contributed by atoms with Crippen LogP contribution in [0.3, 0.4) is 0 Å². The Morgan fingerprint density at radius 3 is 2.59 bits per heavy atom. The number of carbonyl (C=O) groups is 3. The second-order valence-corrected chi connectivity index (χ2v) is 7.25. The molecule has 2 heterocycles. The molecule has 2 aromatic carbocycles. The number of benzene rings is 2. The molecular formula is C22H22N4O3. The van der Waals surface area contributed by atoms with E-state index in [0.717, 1.165) is 43.8 Å². The molecule has 3 N–H and O–H groups in total. The predicted octanol–water partition coefficient (Wildman–Crippen LogP) is 2.62. The topological polar surface area (TPSA) is 94.3 Å². The van der Waals surface area contributed by atoms with Crippen molar-refractivity contribution in [3.63, 3.8) is 0 Å². The number of urea groups is 1. The highest BCUT2D eigenvalue weighted by molar-refractivity contribution is 6.04. The molecule has 3 aromatic rings. The second-order valence-electron chi connectivity index (χ2n) is 7.25. The van der Waals surface area contributed by atoms with Gasteiger partial charge in [0.15, 0.2) is 0 Å². The molecule has 0 spiro atoms. The summed E-state index contributed by atoms with van der Waals surface area (Å²) in [7, 11) is 0. The molecule has 1 fully saturated rings. The van der Waals surface area contributed by atoms with E-state index >= 15 is 0 Å². The van der Waals surface area contributed by atoms with Crippen molar-refractivity contribution in [1.29, 1.82) is 0 Å². The van der Waals surface area contributed by atoms with Gasteiger partial charge in [-0.25, -0.2) is 4.79 Å². The lowest BCUT2D eigenvalue weighted by Crippen LogP contribution is -2.40. The van der Waals surface area contributed by atoms with E-state index in [9.17, 15) is 14.4 Å². The fourth-order valence-corrected chi connectivity index (χ4v) is 3.70. The Kier molecular flexibility index (Phi) is 4.80. The number of amides is 4. The highest BCUT2D eigenvalue weighted by Gasteiger charge is 2.30. The third-order valence-electron chi connectivity index (χ3n) is 5.17. The summed E-state index contributed by atoms with van der Waals surface area (Å²) in [6.45, 7) is 4.06. The van der Waals surface area contributed by atoms with Crippen LogP contribution in [-0.2, 0) is 16.1 Å². The van der Waals surface area contributed by atoms with E-state index in [1.54, 1.807) is 0 Å². The van der Waals surface area contributed by atoms with E-state index in [-0.39, 0.29) is 19.0 Å². The van der Waals surface area contributed by atoms with Crippen LogP contribution >= 0.6 is 0 Å². The predicted molar refractivity (Wildman–Crippen MR) is 110 cm³/mol.